The van der Waals surface area contributed by atoms with E-state index in [1.165, 1.54) is 43.4 Å². The van der Waals surface area contributed by atoms with Crippen LogP contribution in [0, 0.1) is 6.92 Å². The number of aryl methyl sites for hydroxylation is 2. The average Bonchev–Trinajstić information content (AvgIpc) is 3.02. The summed E-state index contributed by atoms with van der Waals surface area (Å²) in [7, 11) is 0. The minimum absolute atomic E-state index is 0.155. The summed E-state index contributed by atoms with van der Waals surface area (Å²) in [4.78, 5) is 19.1. The van der Waals surface area contributed by atoms with Crippen LogP contribution in [0.5, 0.6) is 0 Å². The summed E-state index contributed by atoms with van der Waals surface area (Å²) >= 11 is 3.21. The SMILES string of the molecule is CCc1sc(C(C)Nc2nn3c(=O)ccnc3s2)cc1C. The molecule has 1 unspecified atom stereocenters. The van der Waals surface area contributed by atoms with Crippen molar-refractivity contribution in [2.75, 3.05) is 5.32 Å². The van der Waals surface area contributed by atoms with E-state index < -0.39 is 0 Å². The number of nitrogens with zero attached hydrogens (tertiary/aromatic N) is 3. The van der Waals surface area contributed by atoms with Gasteiger partial charge in [-0.15, -0.1) is 16.4 Å². The maximum atomic E-state index is 11.7. The second kappa shape index (κ2) is 5.57. The van der Waals surface area contributed by atoms with Crippen LogP contribution in [-0.2, 0) is 6.42 Å². The standard InChI is InChI=1S/C14H16N4OS2/c1-4-10-8(2)7-11(20-10)9(3)16-13-17-18-12(19)5-6-15-14(18)21-13/h5-7,9H,4H2,1-3H3,(H,16,17). The third-order valence-electron chi connectivity index (χ3n) is 3.30. The highest BCUT2D eigenvalue weighted by atomic mass is 32.1. The summed E-state index contributed by atoms with van der Waals surface area (Å²) < 4.78 is 1.33. The van der Waals surface area contributed by atoms with E-state index in [9.17, 15) is 4.79 Å². The monoisotopic (exact) mass is 320 g/mol. The molecule has 7 heteroatoms. The first kappa shape index (κ1) is 14.2. The van der Waals surface area contributed by atoms with Crippen molar-refractivity contribution in [3.63, 3.8) is 0 Å². The fraction of sp³-hybridized carbons (Fsp3) is 0.357. The number of rotatable bonds is 4. The van der Waals surface area contributed by atoms with Crippen LogP contribution in [0.25, 0.3) is 4.96 Å². The summed E-state index contributed by atoms with van der Waals surface area (Å²) in [5, 5.41) is 8.35. The Morgan fingerprint density at radius 2 is 2.24 bits per heavy atom. The highest BCUT2D eigenvalue weighted by Gasteiger charge is 2.13. The lowest BCUT2D eigenvalue weighted by Gasteiger charge is -2.09. The van der Waals surface area contributed by atoms with E-state index in [0.29, 0.717) is 10.1 Å². The molecule has 3 aromatic heterocycles. The number of hydrogen-bond donors (Lipinski definition) is 1. The molecule has 0 saturated heterocycles. The third-order valence-corrected chi connectivity index (χ3v) is 5.72. The van der Waals surface area contributed by atoms with Crippen LogP contribution in [0.15, 0.2) is 23.1 Å². The minimum Gasteiger partial charge on any atom is -0.353 e. The van der Waals surface area contributed by atoms with Gasteiger partial charge in [-0.3, -0.25) is 4.79 Å². The van der Waals surface area contributed by atoms with Crippen molar-refractivity contribution in [3.8, 4) is 0 Å². The van der Waals surface area contributed by atoms with E-state index in [-0.39, 0.29) is 11.6 Å². The van der Waals surface area contributed by atoms with Gasteiger partial charge in [0.1, 0.15) is 0 Å². The first-order valence-electron chi connectivity index (χ1n) is 6.79. The van der Waals surface area contributed by atoms with Gasteiger partial charge in [0.2, 0.25) is 10.1 Å². The minimum atomic E-state index is -0.155. The third kappa shape index (κ3) is 2.71. The molecule has 0 aliphatic carbocycles. The van der Waals surface area contributed by atoms with E-state index in [0.717, 1.165) is 6.42 Å². The lowest BCUT2D eigenvalue weighted by Crippen LogP contribution is -2.13. The number of thiophene rings is 1. The van der Waals surface area contributed by atoms with Crippen molar-refractivity contribution in [1.29, 1.82) is 0 Å². The summed E-state index contributed by atoms with van der Waals surface area (Å²) in [6, 6.07) is 3.79. The molecule has 0 spiro atoms. The number of hydrogen-bond acceptors (Lipinski definition) is 6. The van der Waals surface area contributed by atoms with E-state index in [1.807, 2.05) is 11.3 Å². The largest absolute Gasteiger partial charge is 0.353 e. The van der Waals surface area contributed by atoms with Crippen LogP contribution < -0.4 is 10.9 Å². The second-order valence-corrected chi connectivity index (χ2v) is 6.98. The molecule has 0 radical (unpaired) electrons. The van der Waals surface area contributed by atoms with Gasteiger partial charge in [-0.05, 0) is 31.9 Å². The van der Waals surface area contributed by atoms with Crippen molar-refractivity contribution in [3.05, 3.63) is 44.0 Å². The molecule has 0 aliphatic rings. The summed E-state index contributed by atoms with van der Waals surface area (Å²) in [6.45, 7) is 6.42. The van der Waals surface area contributed by atoms with Gasteiger partial charge in [0.15, 0.2) is 0 Å². The van der Waals surface area contributed by atoms with Crippen LogP contribution in [0.1, 0.15) is 35.2 Å². The fourth-order valence-electron chi connectivity index (χ4n) is 2.17. The van der Waals surface area contributed by atoms with Crippen LogP contribution >= 0.6 is 22.7 Å². The van der Waals surface area contributed by atoms with Gasteiger partial charge < -0.3 is 5.32 Å². The lowest BCUT2D eigenvalue weighted by molar-refractivity contribution is 0.858. The Bertz CT molecular complexity index is 833. The Morgan fingerprint density at radius 3 is 2.90 bits per heavy atom. The molecule has 0 saturated carbocycles. The van der Waals surface area contributed by atoms with Crippen LogP contribution in [0.2, 0.25) is 0 Å². The van der Waals surface area contributed by atoms with Gasteiger partial charge in [-0.2, -0.15) is 4.52 Å². The van der Waals surface area contributed by atoms with Gasteiger partial charge in [-0.25, -0.2) is 4.98 Å². The highest BCUT2D eigenvalue weighted by molar-refractivity contribution is 7.20. The highest BCUT2D eigenvalue weighted by Crippen LogP contribution is 2.30. The van der Waals surface area contributed by atoms with Crippen molar-refractivity contribution < 1.29 is 0 Å². The molecular formula is C14H16N4OS2. The lowest BCUT2D eigenvalue weighted by atomic mass is 10.2. The molecular weight excluding hydrogens is 304 g/mol. The van der Waals surface area contributed by atoms with E-state index >= 15 is 0 Å². The van der Waals surface area contributed by atoms with Gasteiger partial charge in [0.25, 0.3) is 5.56 Å². The first-order valence-corrected chi connectivity index (χ1v) is 8.42. The van der Waals surface area contributed by atoms with Gasteiger partial charge in [-0.1, -0.05) is 18.3 Å². The molecule has 5 nitrogen and oxygen atoms in total. The van der Waals surface area contributed by atoms with E-state index in [2.05, 4.69) is 42.2 Å². The molecule has 0 amide bonds. The Labute approximate surface area is 130 Å². The Balaban J connectivity index is 1.87. The van der Waals surface area contributed by atoms with Crippen molar-refractivity contribution >= 4 is 32.8 Å². The number of fused-ring (bicyclic) bond motifs is 1. The molecule has 21 heavy (non-hydrogen) atoms. The van der Waals surface area contributed by atoms with Crippen LogP contribution in [0.4, 0.5) is 5.13 Å². The van der Waals surface area contributed by atoms with Crippen LogP contribution in [-0.4, -0.2) is 14.6 Å². The Kier molecular flexibility index (Phi) is 3.77. The molecule has 0 aromatic carbocycles. The van der Waals surface area contributed by atoms with Gasteiger partial charge >= 0.3 is 0 Å². The number of aromatic nitrogens is 3. The van der Waals surface area contributed by atoms with Gasteiger partial charge in [0, 0.05) is 22.0 Å². The van der Waals surface area contributed by atoms with Crippen molar-refractivity contribution in [2.45, 2.75) is 33.2 Å². The molecule has 0 fully saturated rings. The van der Waals surface area contributed by atoms with E-state index in [4.69, 9.17) is 0 Å². The Hall–Kier alpha value is -1.73. The van der Waals surface area contributed by atoms with Gasteiger partial charge in [0.05, 0.1) is 6.04 Å². The number of nitrogens with one attached hydrogen (secondary N) is 1. The fourth-order valence-corrected chi connectivity index (χ4v) is 4.15. The summed E-state index contributed by atoms with van der Waals surface area (Å²) in [6.07, 6.45) is 2.57. The molecule has 0 aliphatic heterocycles. The quantitative estimate of drug-likeness (QED) is 0.801. The predicted octanol–water partition coefficient (Wildman–Crippen LogP) is 3.26. The summed E-state index contributed by atoms with van der Waals surface area (Å²) in [5.41, 5.74) is 1.19. The molecule has 0 bridgehead atoms. The predicted molar refractivity (Wildman–Crippen MR) is 87.6 cm³/mol. The molecule has 3 rings (SSSR count). The topological polar surface area (TPSA) is 59.3 Å². The molecule has 3 heterocycles. The average molecular weight is 320 g/mol. The molecule has 110 valence electrons. The summed E-state index contributed by atoms with van der Waals surface area (Å²) in [5.74, 6) is 0. The van der Waals surface area contributed by atoms with Crippen molar-refractivity contribution in [2.24, 2.45) is 0 Å². The molecule has 1 atom stereocenters. The molecule has 1 N–H and O–H groups in total. The van der Waals surface area contributed by atoms with E-state index in [1.54, 1.807) is 0 Å². The van der Waals surface area contributed by atoms with Crippen LogP contribution in [0.3, 0.4) is 0 Å². The second-order valence-electron chi connectivity index (χ2n) is 4.86. The zero-order chi connectivity index (χ0) is 15.0. The van der Waals surface area contributed by atoms with Crippen molar-refractivity contribution in [1.82, 2.24) is 14.6 Å². The maximum Gasteiger partial charge on any atom is 0.275 e. The number of anilines is 1. The maximum absolute atomic E-state index is 11.7. The zero-order valence-electron chi connectivity index (χ0n) is 12.1. The zero-order valence-corrected chi connectivity index (χ0v) is 13.7. The molecule has 3 aromatic rings. The first-order chi connectivity index (χ1) is 10.1. The Morgan fingerprint density at radius 1 is 1.43 bits per heavy atom. The normalized spacial score (nSPS) is 12.7. The smallest absolute Gasteiger partial charge is 0.275 e.